The Balaban J connectivity index is 2.24. The molecule has 0 bridgehead atoms. The largest absolute Gasteiger partial charge is 0.169 e. The summed E-state index contributed by atoms with van der Waals surface area (Å²) in [6, 6.07) is 19.9. The molecule has 3 heteroatoms. The van der Waals surface area contributed by atoms with Crippen LogP contribution in [-0.2, 0) is 4.75 Å². The van der Waals surface area contributed by atoms with Gasteiger partial charge in [0, 0.05) is 5.25 Å². The van der Waals surface area contributed by atoms with Gasteiger partial charge in [0.1, 0.15) is 0 Å². The smallest absolute Gasteiger partial charge is 0.0775 e. The van der Waals surface area contributed by atoms with Crippen molar-refractivity contribution in [2.75, 3.05) is 0 Å². The van der Waals surface area contributed by atoms with Gasteiger partial charge in [-0.3, -0.25) is 0 Å². The summed E-state index contributed by atoms with van der Waals surface area (Å²) in [5.74, 6) is 0. The molecule has 0 aliphatic heterocycles. The zero-order chi connectivity index (χ0) is 19.9. The van der Waals surface area contributed by atoms with Crippen molar-refractivity contribution in [1.29, 1.82) is 0 Å². The summed E-state index contributed by atoms with van der Waals surface area (Å²) in [7, 11) is -1.28. The minimum absolute atomic E-state index is 0.0742. The fourth-order valence-electron chi connectivity index (χ4n) is 3.60. The molecule has 0 aliphatic rings. The number of unbranched alkanes of at least 4 members (excludes halogenated alkanes) is 4. The van der Waals surface area contributed by atoms with Gasteiger partial charge in [-0.25, -0.2) is 0 Å². The van der Waals surface area contributed by atoms with Gasteiger partial charge in [-0.2, -0.15) is 25.3 Å². The number of thiol groups is 2. The maximum atomic E-state index is 5.25. The molecule has 0 amide bonds. The summed E-state index contributed by atoms with van der Waals surface area (Å²) < 4.78 is -0.253. The van der Waals surface area contributed by atoms with Crippen LogP contribution in [0.15, 0.2) is 54.6 Å². The fourth-order valence-corrected chi connectivity index (χ4v) is 5.68. The van der Waals surface area contributed by atoms with Gasteiger partial charge in [-0.15, -0.1) is 0 Å². The van der Waals surface area contributed by atoms with Crippen molar-refractivity contribution in [2.45, 2.75) is 75.1 Å². The van der Waals surface area contributed by atoms with Crippen LogP contribution in [0.2, 0.25) is 19.6 Å². The molecule has 0 aliphatic carbocycles. The predicted octanol–water partition coefficient (Wildman–Crippen LogP) is 7.39. The van der Waals surface area contributed by atoms with E-state index in [0.29, 0.717) is 0 Å². The summed E-state index contributed by atoms with van der Waals surface area (Å²) in [5, 5.41) is 1.57. The monoisotopic (exact) mass is 416 g/mol. The molecule has 148 valence electrons. The molecule has 0 aromatic heterocycles. The van der Waals surface area contributed by atoms with Crippen LogP contribution in [0.3, 0.4) is 0 Å². The van der Waals surface area contributed by atoms with Crippen molar-refractivity contribution < 1.29 is 0 Å². The molecule has 0 fully saturated rings. The molecule has 0 radical (unpaired) electrons. The molecule has 0 N–H and O–H groups in total. The van der Waals surface area contributed by atoms with Crippen molar-refractivity contribution in [3.63, 3.8) is 0 Å². The molecule has 2 atom stereocenters. The Labute approximate surface area is 179 Å². The van der Waals surface area contributed by atoms with Crippen LogP contribution in [0.4, 0.5) is 0 Å². The van der Waals surface area contributed by atoms with Crippen LogP contribution in [0.25, 0.3) is 0 Å². The molecule has 2 aromatic carbocycles. The van der Waals surface area contributed by atoms with Crippen molar-refractivity contribution in [2.24, 2.45) is 0 Å². The van der Waals surface area contributed by atoms with E-state index in [1.165, 1.54) is 48.4 Å². The molecular formula is C24H36S2Si. The van der Waals surface area contributed by atoms with Gasteiger partial charge in [0.15, 0.2) is 0 Å². The van der Waals surface area contributed by atoms with E-state index in [4.69, 9.17) is 25.3 Å². The second-order valence-electron chi connectivity index (χ2n) is 8.73. The first-order chi connectivity index (χ1) is 12.8. The highest BCUT2D eigenvalue weighted by Gasteiger charge is 2.35. The molecule has 0 spiro atoms. The van der Waals surface area contributed by atoms with Crippen LogP contribution < -0.4 is 5.19 Å². The van der Waals surface area contributed by atoms with E-state index in [2.05, 4.69) is 81.2 Å². The highest BCUT2D eigenvalue weighted by molar-refractivity contribution is 7.85. The van der Waals surface area contributed by atoms with E-state index < -0.39 is 8.07 Å². The first-order valence-corrected chi connectivity index (χ1v) is 14.8. The Hall–Kier alpha value is -0.643. The van der Waals surface area contributed by atoms with Crippen molar-refractivity contribution in [3.8, 4) is 0 Å². The quantitative estimate of drug-likeness (QED) is 0.225. The number of rotatable bonds is 10. The highest BCUT2D eigenvalue weighted by Crippen LogP contribution is 2.48. The third-order valence-electron chi connectivity index (χ3n) is 5.48. The van der Waals surface area contributed by atoms with Gasteiger partial charge in [0.25, 0.3) is 0 Å². The predicted molar refractivity (Wildman–Crippen MR) is 132 cm³/mol. The number of hydrogen-bond acceptors (Lipinski definition) is 2. The topological polar surface area (TPSA) is 0 Å². The Morgan fingerprint density at radius 3 is 2.00 bits per heavy atom. The van der Waals surface area contributed by atoms with Gasteiger partial charge >= 0.3 is 0 Å². The minimum Gasteiger partial charge on any atom is -0.169 e. The lowest BCUT2D eigenvalue weighted by Gasteiger charge is -2.35. The molecule has 0 saturated heterocycles. The van der Waals surface area contributed by atoms with E-state index in [1.807, 2.05) is 0 Å². The summed E-state index contributed by atoms with van der Waals surface area (Å²) in [6.45, 7) is 9.44. The number of benzene rings is 2. The van der Waals surface area contributed by atoms with E-state index in [1.54, 1.807) is 0 Å². The first-order valence-electron chi connectivity index (χ1n) is 10.4. The highest BCUT2D eigenvalue weighted by atomic mass is 32.1. The van der Waals surface area contributed by atoms with Crippen LogP contribution >= 0.6 is 25.3 Å². The fraction of sp³-hybridized carbons (Fsp3) is 0.500. The summed E-state index contributed by atoms with van der Waals surface area (Å²) >= 11 is 10.4. The summed E-state index contributed by atoms with van der Waals surface area (Å²) in [5.41, 5.74) is 2.55. The second-order valence-corrected chi connectivity index (χ2v) is 15.1. The first kappa shape index (κ1) is 22.6. The standard InChI is InChI=1S/C24H36S2Si/c1-5-6-7-8-12-19-24(26,21-13-10-9-11-14-21)23(25)20-15-17-22(18-16-20)27(2,3)4/h9-11,13-18,23,25-26H,5-8,12,19H2,1-4H3. The van der Waals surface area contributed by atoms with Gasteiger partial charge in [-0.05, 0) is 17.5 Å². The minimum atomic E-state index is -1.28. The maximum Gasteiger partial charge on any atom is 0.0775 e. The Kier molecular flexibility index (Phi) is 8.58. The van der Waals surface area contributed by atoms with E-state index in [0.717, 1.165) is 6.42 Å². The van der Waals surface area contributed by atoms with Crippen LogP contribution in [0, 0.1) is 0 Å². The maximum absolute atomic E-state index is 5.25. The Morgan fingerprint density at radius 2 is 1.44 bits per heavy atom. The molecule has 0 nitrogen and oxygen atoms in total. The Morgan fingerprint density at radius 1 is 0.852 bits per heavy atom. The lowest BCUT2D eigenvalue weighted by atomic mass is 9.85. The third kappa shape index (κ3) is 6.17. The van der Waals surface area contributed by atoms with Crippen LogP contribution in [0.5, 0.6) is 0 Å². The lowest BCUT2D eigenvalue weighted by Crippen LogP contribution is -2.37. The molecule has 27 heavy (non-hydrogen) atoms. The molecule has 2 rings (SSSR count). The summed E-state index contributed by atoms with van der Waals surface area (Å²) in [4.78, 5) is 0. The van der Waals surface area contributed by atoms with Crippen LogP contribution in [-0.4, -0.2) is 8.07 Å². The molecular weight excluding hydrogens is 380 g/mol. The SMILES string of the molecule is CCCCCCCC(S)(c1ccccc1)C(S)c1ccc([Si](C)(C)C)cc1. The van der Waals surface area contributed by atoms with Crippen molar-refractivity contribution >= 4 is 38.5 Å². The van der Waals surface area contributed by atoms with Crippen LogP contribution in [0.1, 0.15) is 61.8 Å². The average molecular weight is 417 g/mol. The van der Waals surface area contributed by atoms with E-state index in [9.17, 15) is 0 Å². The van der Waals surface area contributed by atoms with Crippen molar-refractivity contribution in [1.82, 2.24) is 0 Å². The molecule has 2 unspecified atom stereocenters. The zero-order valence-electron chi connectivity index (χ0n) is 17.4. The van der Waals surface area contributed by atoms with Gasteiger partial charge in [0.2, 0.25) is 0 Å². The lowest BCUT2D eigenvalue weighted by molar-refractivity contribution is 0.505. The number of hydrogen-bond donors (Lipinski definition) is 2. The van der Waals surface area contributed by atoms with Crippen molar-refractivity contribution in [3.05, 3.63) is 65.7 Å². The third-order valence-corrected chi connectivity index (χ3v) is 9.23. The second kappa shape index (κ2) is 10.2. The zero-order valence-corrected chi connectivity index (χ0v) is 20.2. The van der Waals surface area contributed by atoms with Gasteiger partial charge in [0.05, 0.1) is 12.8 Å². The normalized spacial score (nSPS) is 15.3. The van der Waals surface area contributed by atoms with E-state index >= 15 is 0 Å². The molecule has 0 heterocycles. The Bertz CT molecular complexity index is 676. The van der Waals surface area contributed by atoms with E-state index in [-0.39, 0.29) is 10.00 Å². The van der Waals surface area contributed by atoms with Gasteiger partial charge < -0.3 is 0 Å². The molecule has 0 saturated carbocycles. The van der Waals surface area contributed by atoms with Gasteiger partial charge in [-0.1, -0.05) is 118 Å². The molecule has 2 aromatic rings. The summed E-state index contributed by atoms with van der Waals surface area (Å²) in [6.07, 6.45) is 7.45. The average Bonchev–Trinajstić information content (AvgIpc) is 2.67.